The van der Waals surface area contributed by atoms with Crippen LogP contribution in [0.15, 0.2) is 0 Å². The molecule has 1 atom stereocenters. The molecule has 0 radical (unpaired) electrons. The Kier molecular flexibility index (Phi) is 10.4. The first kappa shape index (κ1) is 18.4. The van der Waals surface area contributed by atoms with Crippen molar-refractivity contribution in [1.82, 2.24) is 0 Å². The number of esters is 1. The van der Waals surface area contributed by atoms with Gasteiger partial charge in [-0.1, -0.05) is 19.8 Å². The minimum absolute atomic E-state index is 0.0539. The molecule has 6 nitrogen and oxygen atoms in total. The molecule has 20 heavy (non-hydrogen) atoms. The van der Waals surface area contributed by atoms with Crippen LogP contribution >= 0.6 is 0 Å². The van der Waals surface area contributed by atoms with Gasteiger partial charge in [-0.25, -0.2) is 0 Å². The Bertz CT molecular complexity index is 313. The lowest BCUT2D eigenvalue weighted by Gasteiger charge is -2.12. The van der Waals surface area contributed by atoms with Crippen molar-refractivity contribution in [2.75, 3.05) is 6.61 Å². The van der Waals surface area contributed by atoms with Crippen molar-refractivity contribution in [3.05, 3.63) is 0 Å². The smallest absolute Gasteiger partial charge is 0.306 e. The molecule has 0 spiro atoms. The number of unbranched alkanes of at least 4 members (excludes halogenated alkanes) is 2. The highest BCUT2D eigenvalue weighted by molar-refractivity contribution is 5.70. The van der Waals surface area contributed by atoms with E-state index in [1.54, 1.807) is 0 Å². The van der Waals surface area contributed by atoms with Crippen LogP contribution in [0.1, 0.15) is 58.3 Å². The molecule has 0 aromatic rings. The van der Waals surface area contributed by atoms with Crippen molar-refractivity contribution in [3.8, 4) is 0 Å². The third-order valence-electron chi connectivity index (χ3n) is 3.01. The number of carboxylic acids is 2. The maximum Gasteiger partial charge on any atom is 0.306 e. The second kappa shape index (κ2) is 11.3. The van der Waals surface area contributed by atoms with Crippen LogP contribution in [-0.2, 0) is 19.1 Å². The SMILES string of the molecule is CCCCC(=O)OCCC(CCCCC(=O)O)C(=O)O. The number of hydrogen-bond acceptors (Lipinski definition) is 4. The number of carbonyl (C=O) groups is 3. The summed E-state index contributed by atoms with van der Waals surface area (Å²) < 4.78 is 4.97. The summed E-state index contributed by atoms with van der Waals surface area (Å²) in [7, 11) is 0. The Morgan fingerprint density at radius 3 is 2.25 bits per heavy atom. The van der Waals surface area contributed by atoms with Gasteiger partial charge in [-0.15, -0.1) is 0 Å². The average molecular weight is 288 g/mol. The van der Waals surface area contributed by atoms with E-state index >= 15 is 0 Å². The second-order valence-electron chi connectivity index (χ2n) is 4.79. The molecule has 0 amide bonds. The molecular formula is C14H24O6. The molecule has 0 aliphatic heterocycles. The Morgan fingerprint density at radius 1 is 1.00 bits per heavy atom. The van der Waals surface area contributed by atoms with Gasteiger partial charge in [0.15, 0.2) is 0 Å². The normalized spacial score (nSPS) is 11.8. The van der Waals surface area contributed by atoms with Crippen LogP contribution in [-0.4, -0.2) is 34.7 Å². The molecule has 2 N–H and O–H groups in total. The number of carbonyl (C=O) groups excluding carboxylic acids is 1. The van der Waals surface area contributed by atoms with Crippen molar-refractivity contribution in [2.45, 2.75) is 58.3 Å². The topological polar surface area (TPSA) is 101 Å². The Morgan fingerprint density at radius 2 is 1.70 bits per heavy atom. The van der Waals surface area contributed by atoms with E-state index in [1.165, 1.54) is 0 Å². The molecule has 6 heteroatoms. The lowest BCUT2D eigenvalue weighted by molar-refractivity contribution is -0.148. The van der Waals surface area contributed by atoms with Gasteiger partial charge in [0.05, 0.1) is 12.5 Å². The first-order chi connectivity index (χ1) is 9.47. The van der Waals surface area contributed by atoms with Crippen molar-refractivity contribution in [1.29, 1.82) is 0 Å². The molecule has 0 aliphatic rings. The van der Waals surface area contributed by atoms with E-state index in [0.29, 0.717) is 25.7 Å². The highest BCUT2D eigenvalue weighted by Gasteiger charge is 2.17. The minimum atomic E-state index is -0.926. The van der Waals surface area contributed by atoms with Crippen LogP contribution in [0.5, 0.6) is 0 Å². The summed E-state index contributed by atoms with van der Waals surface area (Å²) in [5, 5.41) is 17.5. The summed E-state index contributed by atoms with van der Waals surface area (Å²) in [5.41, 5.74) is 0. The van der Waals surface area contributed by atoms with Crippen LogP contribution in [0, 0.1) is 5.92 Å². The number of aliphatic carboxylic acids is 2. The summed E-state index contributed by atoms with van der Waals surface area (Å²) >= 11 is 0. The molecule has 0 fully saturated rings. The zero-order chi connectivity index (χ0) is 15.4. The summed E-state index contributed by atoms with van der Waals surface area (Å²) in [6, 6.07) is 0. The lowest BCUT2D eigenvalue weighted by atomic mass is 9.98. The quantitative estimate of drug-likeness (QED) is 0.422. The Hall–Kier alpha value is -1.59. The highest BCUT2D eigenvalue weighted by Crippen LogP contribution is 2.14. The van der Waals surface area contributed by atoms with Crippen molar-refractivity contribution < 1.29 is 29.3 Å². The van der Waals surface area contributed by atoms with Gasteiger partial charge < -0.3 is 14.9 Å². The van der Waals surface area contributed by atoms with E-state index in [2.05, 4.69) is 0 Å². The van der Waals surface area contributed by atoms with Gasteiger partial charge in [-0.05, 0) is 25.7 Å². The molecular weight excluding hydrogens is 264 g/mol. The van der Waals surface area contributed by atoms with E-state index in [-0.39, 0.29) is 25.4 Å². The number of ether oxygens (including phenoxy) is 1. The summed E-state index contributed by atoms with van der Waals surface area (Å²) in [5.74, 6) is -2.67. The fraction of sp³-hybridized carbons (Fsp3) is 0.786. The fourth-order valence-electron chi connectivity index (χ4n) is 1.77. The van der Waals surface area contributed by atoms with Crippen LogP contribution in [0.3, 0.4) is 0 Å². The number of rotatable bonds is 12. The Labute approximate surface area is 119 Å². The third kappa shape index (κ3) is 10.3. The van der Waals surface area contributed by atoms with Gasteiger partial charge in [0.25, 0.3) is 0 Å². The van der Waals surface area contributed by atoms with Crippen LogP contribution < -0.4 is 0 Å². The predicted molar refractivity (Wildman–Crippen MR) is 72.3 cm³/mol. The van der Waals surface area contributed by atoms with E-state index in [0.717, 1.165) is 12.8 Å². The van der Waals surface area contributed by atoms with Crippen molar-refractivity contribution >= 4 is 17.9 Å². The van der Waals surface area contributed by atoms with Gasteiger partial charge in [0.2, 0.25) is 0 Å². The molecule has 0 heterocycles. The lowest BCUT2D eigenvalue weighted by Crippen LogP contribution is -2.17. The van der Waals surface area contributed by atoms with Crippen LogP contribution in [0.2, 0.25) is 0 Å². The predicted octanol–water partition coefficient (Wildman–Crippen LogP) is 2.46. The van der Waals surface area contributed by atoms with Gasteiger partial charge >= 0.3 is 17.9 Å². The fourth-order valence-corrected chi connectivity index (χ4v) is 1.77. The van der Waals surface area contributed by atoms with Crippen molar-refractivity contribution in [3.63, 3.8) is 0 Å². The summed E-state index contributed by atoms with van der Waals surface area (Å²) in [6.45, 7) is 2.09. The van der Waals surface area contributed by atoms with Crippen LogP contribution in [0.4, 0.5) is 0 Å². The molecule has 0 aromatic heterocycles. The molecule has 0 bridgehead atoms. The molecule has 0 saturated heterocycles. The molecule has 1 unspecified atom stereocenters. The minimum Gasteiger partial charge on any atom is -0.481 e. The molecule has 0 saturated carbocycles. The maximum atomic E-state index is 11.3. The van der Waals surface area contributed by atoms with Crippen LogP contribution in [0.25, 0.3) is 0 Å². The molecule has 116 valence electrons. The number of carboxylic acid groups (broad SMARTS) is 2. The third-order valence-corrected chi connectivity index (χ3v) is 3.01. The molecule has 0 aliphatic carbocycles. The van der Waals surface area contributed by atoms with Gasteiger partial charge in [-0.3, -0.25) is 14.4 Å². The first-order valence-electron chi connectivity index (χ1n) is 7.07. The molecule has 0 rings (SSSR count). The monoisotopic (exact) mass is 288 g/mol. The zero-order valence-electron chi connectivity index (χ0n) is 12.0. The zero-order valence-corrected chi connectivity index (χ0v) is 12.0. The maximum absolute atomic E-state index is 11.3. The summed E-state index contributed by atoms with van der Waals surface area (Å²) in [4.78, 5) is 32.6. The highest BCUT2D eigenvalue weighted by atomic mass is 16.5. The van der Waals surface area contributed by atoms with E-state index in [9.17, 15) is 14.4 Å². The van der Waals surface area contributed by atoms with Gasteiger partial charge in [0.1, 0.15) is 0 Å². The molecule has 0 aromatic carbocycles. The standard InChI is InChI=1S/C14H24O6/c1-2-3-8-13(17)20-10-9-11(14(18)19)6-4-5-7-12(15)16/h11H,2-10H2,1H3,(H,15,16)(H,18,19). The first-order valence-corrected chi connectivity index (χ1v) is 7.07. The summed E-state index contributed by atoms with van der Waals surface area (Å²) in [6.07, 6.45) is 3.82. The average Bonchev–Trinajstić information content (AvgIpc) is 2.38. The van der Waals surface area contributed by atoms with Gasteiger partial charge in [0, 0.05) is 12.8 Å². The van der Waals surface area contributed by atoms with E-state index in [4.69, 9.17) is 14.9 Å². The Balaban J connectivity index is 3.82. The van der Waals surface area contributed by atoms with E-state index < -0.39 is 17.9 Å². The second-order valence-corrected chi connectivity index (χ2v) is 4.79. The van der Waals surface area contributed by atoms with E-state index in [1.807, 2.05) is 6.92 Å². The number of hydrogen-bond donors (Lipinski definition) is 2. The van der Waals surface area contributed by atoms with Crippen molar-refractivity contribution in [2.24, 2.45) is 5.92 Å². The van der Waals surface area contributed by atoms with Gasteiger partial charge in [-0.2, -0.15) is 0 Å². The largest absolute Gasteiger partial charge is 0.481 e.